The van der Waals surface area contributed by atoms with Crippen LogP contribution in [0.2, 0.25) is 0 Å². The lowest BCUT2D eigenvalue weighted by atomic mass is 10.1. The first kappa shape index (κ1) is 38.7. The van der Waals surface area contributed by atoms with Crippen molar-refractivity contribution < 1.29 is 24.1 Å². The maximum atomic E-state index is 11.7. The SMILES string of the molecule is C.C.C#CC.NC(O)=S.NC(O)=S.NS(=O)(=O)c1ccccc1-n1nccc1-c1ccccc1.O. The van der Waals surface area contributed by atoms with E-state index < -0.39 is 20.4 Å². The lowest BCUT2D eigenvalue weighted by molar-refractivity contribution is 0.559. The van der Waals surface area contributed by atoms with Crippen LogP contribution in [0, 0.1) is 12.3 Å². The van der Waals surface area contributed by atoms with Gasteiger partial charge in [0.2, 0.25) is 10.0 Å². The van der Waals surface area contributed by atoms with Gasteiger partial charge in [0.1, 0.15) is 4.90 Å². The number of primary sulfonamides is 1. The van der Waals surface area contributed by atoms with E-state index in [1.807, 2.05) is 36.4 Å². The Morgan fingerprint density at radius 2 is 1.37 bits per heavy atom. The number of aromatic nitrogens is 2. The Hall–Kier alpha value is -3.54. The summed E-state index contributed by atoms with van der Waals surface area (Å²) >= 11 is 7.74. The van der Waals surface area contributed by atoms with Crippen molar-refractivity contribution >= 4 is 44.8 Å². The van der Waals surface area contributed by atoms with Gasteiger partial charge in [0.15, 0.2) is 0 Å². The maximum Gasteiger partial charge on any atom is 0.251 e. The van der Waals surface area contributed by atoms with Crippen molar-refractivity contribution in [3.05, 3.63) is 66.9 Å². The van der Waals surface area contributed by atoms with Gasteiger partial charge in [-0.05, 0) is 49.6 Å². The quantitative estimate of drug-likeness (QED) is 0.243. The highest BCUT2D eigenvalue weighted by atomic mass is 32.2. The van der Waals surface area contributed by atoms with E-state index in [1.165, 1.54) is 6.07 Å². The summed E-state index contributed by atoms with van der Waals surface area (Å²) in [4.78, 5) is 0.0471. The number of aliphatic hydroxyl groups is 2. The number of thiocarbonyl (C=S) groups is 2. The second-order valence-corrected chi connectivity index (χ2v) is 7.84. The van der Waals surface area contributed by atoms with E-state index >= 15 is 0 Å². The fraction of sp³-hybridized carbons (Fsp3) is 0.136. The lowest BCUT2D eigenvalue weighted by Gasteiger charge is -2.11. The standard InChI is InChI=1S/C15H13N3O2S.C3H4.2CH3NOS.2CH4.H2O/c16-21(19,20)15-9-5-4-8-14(15)18-13(10-11-17-18)12-6-2-1-3-7-12;1-3-2;2*2-1(3)4;;;/h1-11H,(H2,16,19,20);1H,2H3;2*(H3,2,3,4);2*1H4;1H2. The minimum Gasteiger partial charge on any atom is -0.487 e. The molecule has 0 unspecified atom stereocenters. The average Bonchev–Trinajstić information content (AvgIpc) is 3.17. The Kier molecular flexibility index (Phi) is 22.0. The van der Waals surface area contributed by atoms with Gasteiger partial charge < -0.3 is 27.2 Å². The first-order valence-corrected chi connectivity index (χ1v) is 10.9. The highest BCUT2D eigenvalue weighted by Crippen LogP contribution is 2.25. The van der Waals surface area contributed by atoms with Gasteiger partial charge in [0.05, 0.1) is 17.6 Å². The number of aliphatic hydroxyl groups excluding tert-OH is 2. The Balaban J connectivity index is -0.000000294. The van der Waals surface area contributed by atoms with Crippen LogP contribution >= 0.6 is 24.4 Å². The summed E-state index contributed by atoms with van der Waals surface area (Å²) < 4.78 is 25.0. The third kappa shape index (κ3) is 15.8. The Morgan fingerprint density at radius 3 is 1.80 bits per heavy atom. The van der Waals surface area contributed by atoms with Gasteiger partial charge >= 0.3 is 0 Å². The molecule has 0 amide bonds. The number of nitrogens with zero attached hydrogens (tertiary/aromatic N) is 2. The van der Waals surface area contributed by atoms with Crippen molar-refractivity contribution in [2.45, 2.75) is 26.7 Å². The van der Waals surface area contributed by atoms with Gasteiger partial charge in [0.25, 0.3) is 10.3 Å². The molecular weight excluding hydrogens is 510 g/mol. The molecule has 1 aromatic heterocycles. The number of hydrogen-bond donors (Lipinski definition) is 5. The van der Waals surface area contributed by atoms with Gasteiger partial charge in [-0.1, -0.05) is 57.3 Å². The van der Waals surface area contributed by atoms with E-state index in [2.05, 4.69) is 53.3 Å². The van der Waals surface area contributed by atoms with Gasteiger partial charge in [-0.2, -0.15) is 5.10 Å². The van der Waals surface area contributed by atoms with Crippen LogP contribution in [-0.2, 0) is 10.0 Å². The molecule has 0 atom stereocenters. The zero-order valence-corrected chi connectivity index (χ0v) is 19.9. The second-order valence-electron chi connectivity index (χ2n) is 5.47. The molecule has 0 saturated carbocycles. The number of hydrogen-bond acceptors (Lipinski definition) is 5. The van der Waals surface area contributed by atoms with Crippen molar-refractivity contribution in [1.29, 1.82) is 0 Å². The molecule has 0 saturated heterocycles. The molecule has 13 heteroatoms. The summed E-state index contributed by atoms with van der Waals surface area (Å²) in [6, 6.07) is 18.0. The maximum absolute atomic E-state index is 11.7. The first-order valence-electron chi connectivity index (χ1n) is 8.51. The molecule has 0 aliphatic carbocycles. The Labute approximate surface area is 217 Å². The van der Waals surface area contributed by atoms with E-state index in [0.717, 1.165) is 11.3 Å². The molecule has 1 heterocycles. The minimum absolute atomic E-state index is 0. The normalized spacial score (nSPS) is 8.49. The van der Waals surface area contributed by atoms with E-state index in [4.69, 9.17) is 15.4 Å². The van der Waals surface area contributed by atoms with Crippen LogP contribution in [-0.4, -0.2) is 44.2 Å². The number of nitrogens with two attached hydrogens (primary N) is 3. The van der Waals surface area contributed by atoms with Gasteiger partial charge in [-0.15, -0.1) is 12.3 Å². The summed E-state index contributed by atoms with van der Waals surface area (Å²) in [5.74, 6) is 2.25. The van der Waals surface area contributed by atoms with E-state index in [1.54, 1.807) is 36.0 Å². The minimum atomic E-state index is -3.82. The Morgan fingerprint density at radius 1 is 0.971 bits per heavy atom. The summed E-state index contributed by atoms with van der Waals surface area (Å²) in [7, 11) is -3.82. The third-order valence-electron chi connectivity index (χ3n) is 3.11. The predicted octanol–water partition coefficient (Wildman–Crippen LogP) is 2.85. The summed E-state index contributed by atoms with van der Waals surface area (Å²) in [5, 5.41) is 23.6. The van der Waals surface area contributed by atoms with Crippen molar-refractivity contribution in [3.8, 4) is 29.3 Å². The predicted molar refractivity (Wildman–Crippen MR) is 151 cm³/mol. The topological polar surface area (TPSA) is 202 Å². The van der Waals surface area contributed by atoms with Gasteiger partial charge in [-0.3, -0.25) is 0 Å². The highest BCUT2D eigenvalue weighted by molar-refractivity contribution is 7.89. The molecule has 3 aromatic rings. The fourth-order valence-electron chi connectivity index (χ4n) is 2.20. The zero-order valence-electron chi connectivity index (χ0n) is 17.5. The molecule has 0 aliphatic rings. The van der Waals surface area contributed by atoms with E-state index in [9.17, 15) is 8.42 Å². The van der Waals surface area contributed by atoms with Crippen LogP contribution in [0.1, 0.15) is 21.8 Å². The van der Waals surface area contributed by atoms with E-state index in [-0.39, 0.29) is 25.2 Å². The van der Waals surface area contributed by atoms with Crippen LogP contribution in [0.5, 0.6) is 0 Å². The van der Waals surface area contributed by atoms with Crippen LogP contribution in [0.25, 0.3) is 16.9 Å². The number of sulfonamides is 1. The number of rotatable bonds is 3. The van der Waals surface area contributed by atoms with Crippen LogP contribution in [0.15, 0.2) is 71.8 Å². The van der Waals surface area contributed by atoms with Crippen molar-refractivity contribution in [2.24, 2.45) is 16.6 Å². The van der Waals surface area contributed by atoms with Crippen molar-refractivity contribution in [2.75, 3.05) is 0 Å². The van der Waals surface area contributed by atoms with Gasteiger partial charge in [0, 0.05) is 5.56 Å². The number of benzene rings is 2. The lowest BCUT2D eigenvalue weighted by Crippen LogP contribution is -2.16. The molecule has 10 nitrogen and oxygen atoms in total. The molecule has 10 N–H and O–H groups in total. The molecule has 0 spiro atoms. The Bertz CT molecular complexity index is 1140. The molecule has 3 rings (SSSR count). The molecule has 35 heavy (non-hydrogen) atoms. The van der Waals surface area contributed by atoms with Crippen LogP contribution < -0.4 is 16.6 Å². The van der Waals surface area contributed by atoms with Crippen LogP contribution in [0.3, 0.4) is 0 Å². The monoisotopic (exact) mass is 543 g/mol. The molecule has 2 aromatic carbocycles. The van der Waals surface area contributed by atoms with Crippen molar-refractivity contribution in [3.63, 3.8) is 0 Å². The molecule has 0 bridgehead atoms. The van der Waals surface area contributed by atoms with Crippen molar-refractivity contribution in [1.82, 2.24) is 9.78 Å². The molecule has 0 aliphatic heterocycles. The fourth-order valence-corrected chi connectivity index (χ4v) is 2.91. The average molecular weight is 544 g/mol. The van der Waals surface area contributed by atoms with Gasteiger partial charge in [-0.25, -0.2) is 18.2 Å². The summed E-state index contributed by atoms with van der Waals surface area (Å²) in [6.07, 6.45) is 6.22. The summed E-state index contributed by atoms with van der Waals surface area (Å²) in [5.41, 5.74) is 11.0. The van der Waals surface area contributed by atoms with E-state index in [0.29, 0.717) is 5.69 Å². The number of terminal acetylenes is 1. The first-order chi connectivity index (χ1) is 14.9. The smallest absolute Gasteiger partial charge is 0.251 e. The molecule has 0 radical (unpaired) electrons. The van der Waals surface area contributed by atoms with Crippen LogP contribution in [0.4, 0.5) is 0 Å². The molecule has 194 valence electrons. The second kappa shape index (κ2) is 19.9. The zero-order chi connectivity index (χ0) is 24.7. The largest absolute Gasteiger partial charge is 0.487 e. The summed E-state index contributed by atoms with van der Waals surface area (Å²) in [6.45, 7) is 1.65. The third-order valence-corrected chi connectivity index (χ3v) is 4.07. The number of para-hydroxylation sites is 1. The highest BCUT2D eigenvalue weighted by Gasteiger charge is 2.17. The molecule has 0 fully saturated rings. The molecular formula is C22H33N5O5S3.